The smallest absolute Gasteiger partial charge is 0.162 e. The molecule has 1 heterocycles. The number of aryl methyl sites for hydroxylation is 1. The molecule has 0 fully saturated rings. The van der Waals surface area contributed by atoms with Gasteiger partial charge in [-0.15, -0.1) is 0 Å². The summed E-state index contributed by atoms with van der Waals surface area (Å²) in [6.07, 6.45) is 1.88. The fourth-order valence-corrected chi connectivity index (χ4v) is 1.65. The van der Waals surface area contributed by atoms with Gasteiger partial charge < -0.3 is 15.2 Å². The summed E-state index contributed by atoms with van der Waals surface area (Å²) in [7, 11) is 3.49. The SMILES string of the molecule is COc1ccc(CN)cc1OCc1ccn(C)n1. The van der Waals surface area contributed by atoms with Gasteiger partial charge in [0.2, 0.25) is 0 Å². The second-order valence-corrected chi connectivity index (χ2v) is 3.96. The van der Waals surface area contributed by atoms with Gasteiger partial charge in [-0.2, -0.15) is 5.10 Å². The summed E-state index contributed by atoms with van der Waals surface area (Å²) in [6, 6.07) is 7.59. The molecule has 5 nitrogen and oxygen atoms in total. The van der Waals surface area contributed by atoms with E-state index in [9.17, 15) is 0 Å². The standard InChI is InChI=1S/C13H17N3O2/c1-16-6-5-11(15-16)9-18-13-7-10(8-14)3-4-12(13)17-2/h3-7H,8-9,14H2,1-2H3. The Morgan fingerprint density at radius 2 is 2.11 bits per heavy atom. The zero-order chi connectivity index (χ0) is 13.0. The van der Waals surface area contributed by atoms with Crippen molar-refractivity contribution in [2.45, 2.75) is 13.2 Å². The number of nitrogens with two attached hydrogens (primary N) is 1. The maximum atomic E-state index is 5.71. The van der Waals surface area contributed by atoms with Crippen molar-refractivity contribution < 1.29 is 9.47 Å². The van der Waals surface area contributed by atoms with E-state index in [0.29, 0.717) is 24.7 Å². The first kappa shape index (κ1) is 12.4. The minimum atomic E-state index is 0.408. The summed E-state index contributed by atoms with van der Waals surface area (Å²) >= 11 is 0. The van der Waals surface area contributed by atoms with Crippen molar-refractivity contribution in [2.24, 2.45) is 12.8 Å². The van der Waals surface area contributed by atoms with Gasteiger partial charge in [0.15, 0.2) is 11.5 Å². The molecule has 0 saturated carbocycles. The third-order valence-corrected chi connectivity index (χ3v) is 2.61. The van der Waals surface area contributed by atoms with Crippen LogP contribution in [0.15, 0.2) is 30.5 Å². The normalized spacial score (nSPS) is 10.4. The molecule has 0 aliphatic carbocycles. The quantitative estimate of drug-likeness (QED) is 0.869. The van der Waals surface area contributed by atoms with Crippen molar-refractivity contribution >= 4 is 0 Å². The first-order valence-corrected chi connectivity index (χ1v) is 5.71. The Morgan fingerprint density at radius 3 is 2.72 bits per heavy atom. The molecule has 0 unspecified atom stereocenters. The van der Waals surface area contributed by atoms with Crippen molar-refractivity contribution in [1.29, 1.82) is 0 Å². The molecule has 2 rings (SSSR count). The molecule has 2 aromatic rings. The van der Waals surface area contributed by atoms with Crippen LogP contribution >= 0.6 is 0 Å². The van der Waals surface area contributed by atoms with Crippen LogP contribution in [-0.4, -0.2) is 16.9 Å². The molecule has 1 aromatic heterocycles. The lowest BCUT2D eigenvalue weighted by Crippen LogP contribution is -2.02. The van der Waals surface area contributed by atoms with Crippen LogP contribution in [-0.2, 0) is 20.2 Å². The highest BCUT2D eigenvalue weighted by Gasteiger charge is 2.06. The highest BCUT2D eigenvalue weighted by Crippen LogP contribution is 2.28. The van der Waals surface area contributed by atoms with E-state index in [0.717, 1.165) is 11.3 Å². The third-order valence-electron chi connectivity index (χ3n) is 2.61. The largest absolute Gasteiger partial charge is 0.493 e. The topological polar surface area (TPSA) is 62.3 Å². The number of hydrogen-bond acceptors (Lipinski definition) is 4. The van der Waals surface area contributed by atoms with Crippen molar-refractivity contribution in [3.8, 4) is 11.5 Å². The van der Waals surface area contributed by atoms with Crippen molar-refractivity contribution in [2.75, 3.05) is 7.11 Å². The van der Waals surface area contributed by atoms with Gasteiger partial charge in [0.1, 0.15) is 6.61 Å². The fourth-order valence-electron chi connectivity index (χ4n) is 1.65. The van der Waals surface area contributed by atoms with Gasteiger partial charge >= 0.3 is 0 Å². The highest BCUT2D eigenvalue weighted by atomic mass is 16.5. The molecule has 5 heteroatoms. The Morgan fingerprint density at radius 1 is 1.28 bits per heavy atom. The average Bonchev–Trinajstić information content (AvgIpc) is 2.81. The van der Waals surface area contributed by atoms with E-state index in [1.165, 1.54) is 0 Å². The predicted molar refractivity (Wildman–Crippen MR) is 68.4 cm³/mol. The predicted octanol–water partition coefficient (Wildman–Crippen LogP) is 1.47. The van der Waals surface area contributed by atoms with Crippen LogP contribution < -0.4 is 15.2 Å². The molecular formula is C13H17N3O2. The summed E-state index contributed by atoms with van der Waals surface area (Å²) < 4.78 is 12.7. The number of rotatable bonds is 5. The second kappa shape index (κ2) is 5.55. The number of nitrogens with zero attached hydrogens (tertiary/aromatic N) is 2. The molecular weight excluding hydrogens is 230 g/mol. The summed E-state index contributed by atoms with van der Waals surface area (Å²) in [5, 5.41) is 4.25. The van der Waals surface area contributed by atoms with Gasteiger partial charge in [-0.3, -0.25) is 4.68 Å². The molecule has 0 spiro atoms. The first-order valence-electron chi connectivity index (χ1n) is 5.71. The molecule has 0 aliphatic heterocycles. The minimum Gasteiger partial charge on any atom is -0.493 e. The van der Waals surface area contributed by atoms with Gasteiger partial charge in [-0.25, -0.2) is 0 Å². The molecule has 0 bridgehead atoms. The maximum Gasteiger partial charge on any atom is 0.162 e. The minimum absolute atomic E-state index is 0.408. The van der Waals surface area contributed by atoms with E-state index in [1.807, 2.05) is 37.5 Å². The molecule has 0 saturated heterocycles. The lowest BCUT2D eigenvalue weighted by atomic mass is 10.2. The van der Waals surface area contributed by atoms with Crippen molar-refractivity contribution in [3.63, 3.8) is 0 Å². The molecule has 18 heavy (non-hydrogen) atoms. The highest BCUT2D eigenvalue weighted by molar-refractivity contribution is 5.42. The van der Waals surface area contributed by atoms with Gasteiger partial charge in [0.05, 0.1) is 12.8 Å². The van der Waals surface area contributed by atoms with Crippen molar-refractivity contribution in [3.05, 3.63) is 41.7 Å². The average molecular weight is 247 g/mol. The van der Waals surface area contributed by atoms with Crippen LogP contribution in [0.5, 0.6) is 11.5 Å². The van der Waals surface area contributed by atoms with Gasteiger partial charge in [-0.05, 0) is 23.8 Å². The van der Waals surface area contributed by atoms with Gasteiger partial charge in [0.25, 0.3) is 0 Å². The Labute approximate surface area is 106 Å². The van der Waals surface area contributed by atoms with Crippen LogP contribution in [0, 0.1) is 0 Å². The molecule has 0 atom stereocenters. The van der Waals surface area contributed by atoms with E-state index in [4.69, 9.17) is 15.2 Å². The third kappa shape index (κ3) is 2.81. The second-order valence-electron chi connectivity index (χ2n) is 3.96. The molecule has 96 valence electrons. The van der Waals surface area contributed by atoms with Gasteiger partial charge in [-0.1, -0.05) is 6.07 Å². The Kier molecular flexibility index (Phi) is 3.84. The van der Waals surface area contributed by atoms with Crippen LogP contribution in [0.1, 0.15) is 11.3 Å². The molecule has 2 N–H and O–H groups in total. The number of ether oxygens (including phenoxy) is 2. The number of hydrogen-bond donors (Lipinski definition) is 1. The lowest BCUT2D eigenvalue weighted by Gasteiger charge is -2.11. The van der Waals surface area contributed by atoms with Crippen LogP contribution in [0.4, 0.5) is 0 Å². The van der Waals surface area contributed by atoms with Crippen molar-refractivity contribution in [1.82, 2.24) is 9.78 Å². The monoisotopic (exact) mass is 247 g/mol. The summed E-state index contributed by atoms with van der Waals surface area (Å²) in [5.74, 6) is 1.38. The molecule has 0 aliphatic rings. The molecule has 0 amide bonds. The number of methoxy groups -OCH3 is 1. The summed E-state index contributed by atoms with van der Waals surface area (Å²) in [5.41, 5.74) is 7.49. The Bertz CT molecular complexity index is 523. The summed E-state index contributed by atoms with van der Waals surface area (Å²) in [4.78, 5) is 0. The lowest BCUT2D eigenvalue weighted by molar-refractivity contribution is 0.279. The van der Waals surface area contributed by atoms with Crippen LogP contribution in [0.2, 0.25) is 0 Å². The molecule has 0 radical (unpaired) electrons. The van der Waals surface area contributed by atoms with E-state index < -0.39 is 0 Å². The number of benzene rings is 1. The first-order chi connectivity index (χ1) is 8.72. The van der Waals surface area contributed by atoms with Gasteiger partial charge in [0, 0.05) is 19.8 Å². The van der Waals surface area contributed by atoms with Crippen LogP contribution in [0.25, 0.3) is 0 Å². The van der Waals surface area contributed by atoms with E-state index in [-0.39, 0.29) is 0 Å². The summed E-state index contributed by atoms with van der Waals surface area (Å²) in [6.45, 7) is 0.884. The molecule has 1 aromatic carbocycles. The van der Waals surface area contributed by atoms with E-state index >= 15 is 0 Å². The maximum absolute atomic E-state index is 5.71. The van der Waals surface area contributed by atoms with Crippen LogP contribution in [0.3, 0.4) is 0 Å². The van der Waals surface area contributed by atoms with E-state index in [2.05, 4.69) is 5.10 Å². The fraction of sp³-hybridized carbons (Fsp3) is 0.308. The zero-order valence-corrected chi connectivity index (χ0v) is 10.6. The zero-order valence-electron chi connectivity index (χ0n) is 10.6. The number of aromatic nitrogens is 2. The Hall–Kier alpha value is -2.01. The van der Waals surface area contributed by atoms with E-state index in [1.54, 1.807) is 11.8 Å². The Balaban J connectivity index is 2.11.